The second-order valence-corrected chi connectivity index (χ2v) is 2.27. The van der Waals surface area contributed by atoms with Crippen LogP contribution < -0.4 is 0 Å². The van der Waals surface area contributed by atoms with Crippen LogP contribution >= 0.6 is 0 Å². The van der Waals surface area contributed by atoms with Crippen LogP contribution in [0, 0.1) is 0 Å². The van der Waals surface area contributed by atoms with Crippen molar-refractivity contribution in [3.8, 4) is 0 Å². The first-order valence-electron chi connectivity index (χ1n) is 3.86. The summed E-state index contributed by atoms with van der Waals surface area (Å²) in [7, 11) is 0. The van der Waals surface area contributed by atoms with Crippen molar-refractivity contribution in [1.82, 2.24) is 4.90 Å². The molecule has 0 spiro atoms. The van der Waals surface area contributed by atoms with Gasteiger partial charge in [0.1, 0.15) is 13.2 Å². The summed E-state index contributed by atoms with van der Waals surface area (Å²) in [4.78, 5) is 22.3. The molecular weight excluding hydrogens is 174 g/mol. The second kappa shape index (κ2) is 6.05. The molecule has 0 atom stereocenters. The molecule has 5 nitrogen and oxygen atoms in total. The maximum Gasteiger partial charge on any atom is 0.407 e. The molecule has 0 saturated heterocycles. The monoisotopic (exact) mass is 187 g/mol. The van der Waals surface area contributed by atoms with Crippen LogP contribution in [0.1, 0.15) is 6.92 Å². The fourth-order valence-corrected chi connectivity index (χ4v) is 0.668. The predicted octanol–water partition coefficient (Wildman–Crippen LogP) is 0.716. The van der Waals surface area contributed by atoms with E-state index in [1.54, 1.807) is 6.92 Å². The molecule has 1 amide bonds. The van der Waals surface area contributed by atoms with Crippen molar-refractivity contribution in [1.29, 1.82) is 0 Å². The summed E-state index contributed by atoms with van der Waals surface area (Å²) in [5, 5.41) is 8.55. The summed E-state index contributed by atoms with van der Waals surface area (Å²) in [5.74, 6) is -0.566. The first kappa shape index (κ1) is 11.5. The molecule has 0 saturated carbocycles. The first-order chi connectivity index (χ1) is 6.11. The quantitative estimate of drug-likeness (QED) is 0.508. The van der Waals surface area contributed by atoms with Crippen molar-refractivity contribution in [3.05, 3.63) is 12.7 Å². The van der Waals surface area contributed by atoms with Gasteiger partial charge < -0.3 is 9.84 Å². The molecule has 0 radical (unpaired) electrons. The van der Waals surface area contributed by atoms with Gasteiger partial charge in [0.25, 0.3) is 0 Å². The number of carbonyl (C=O) groups excluding carboxylic acids is 1. The molecule has 1 N–H and O–H groups in total. The molecule has 0 bridgehead atoms. The lowest BCUT2D eigenvalue weighted by Crippen LogP contribution is -2.35. The largest absolute Gasteiger partial charge is 0.465 e. The highest BCUT2D eigenvalue weighted by Gasteiger charge is 2.13. The third kappa shape index (κ3) is 4.84. The molecule has 0 aromatic carbocycles. The van der Waals surface area contributed by atoms with E-state index in [2.05, 4.69) is 11.3 Å². The van der Waals surface area contributed by atoms with Crippen LogP contribution in [0.25, 0.3) is 0 Å². The minimum Gasteiger partial charge on any atom is -0.465 e. The number of hydrogen-bond acceptors (Lipinski definition) is 3. The van der Waals surface area contributed by atoms with Gasteiger partial charge in [-0.15, -0.1) is 0 Å². The maximum atomic E-state index is 10.9. The van der Waals surface area contributed by atoms with Crippen LogP contribution in [-0.4, -0.2) is 41.8 Å². The van der Waals surface area contributed by atoms with Crippen LogP contribution in [0.15, 0.2) is 12.7 Å². The van der Waals surface area contributed by atoms with E-state index in [1.807, 2.05) is 0 Å². The number of amides is 1. The number of nitrogens with zero attached hydrogens (tertiary/aromatic N) is 1. The van der Waals surface area contributed by atoms with Gasteiger partial charge in [-0.25, -0.2) is 4.79 Å². The molecule has 0 aromatic heterocycles. The Morgan fingerprint density at radius 3 is 2.62 bits per heavy atom. The zero-order valence-corrected chi connectivity index (χ0v) is 7.52. The molecule has 0 unspecified atom stereocenters. The Hall–Kier alpha value is -1.52. The van der Waals surface area contributed by atoms with E-state index in [-0.39, 0.29) is 19.7 Å². The number of likely N-dealkylation sites (N-methyl/N-ethyl adjacent to an activating group) is 1. The highest BCUT2D eigenvalue weighted by Crippen LogP contribution is 1.90. The SMILES string of the molecule is C=CCOC(=O)CN(CC)C(=O)O. The summed E-state index contributed by atoms with van der Waals surface area (Å²) in [6.07, 6.45) is 0.299. The van der Waals surface area contributed by atoms with Crippen molar-refractivity contribution >= 4 is 12.1 Å². The van der Waals surface area contributed by atoms with Gasteiger partial charge in [-0.1, -0.05) is 12.7 Å². The van der Waals surface area contributed by atoms with Crippen LogP contribution in [0.3, 0.4) is 0 Å². The van der Waals surface area contributed by atoms with Gasteiger partial charge in [0.2, 0.25) is 0 Å². The molecule has 0 heterocycles. The molecule has 0 aliphatic rings. The molecule has 74 valence electrons. The van der Waals surface area contributed by atoms with E-state index in [9.17, 15) is 9.59 Å². The lowest BCUT2D eigenvalue weighted by Gasteiger charge is -2.14. The van der Waals surface area contributed by atoms with Crippen molar-refractivity contribution in [2.75, 3.05) is 19.7 Å². The summed E-state index contributed by atoms with van der Waals surface area (Å²) in [6.45, 7) is 5.14. The van der Waals surface area contributed by atoms with Crippen molar-refractivity contribution in [3.63, 3.8) is 0 Å². The molecule has 0 rings (SSSR count). The van der Waals surface area contributed by atoms with Gasteiger partial charge in [0.15, 0.2) is 0 Å². The van der Waals surface area contributed by atoms with Gasteiger partial charge in [-0.2, -0.15) is 0 Å². The zero-order chi connectivity index (χ0) is 10.3. The highest BCUT2D eigenvalue weighted by molar-refractivity contribution is 5.77. The summed E-state index contributed by atoms with van der Waals surface area (Å²) in [5.41, 5.74) is 0. The molecule has 0 aliphatic heterocycles. The zero-order valence-electron chi connectivity index (χ0n) is 7.52. The fraction of sp³-hybridized carbons (Fsp3) is 0.500. The van der Waals surface area contributed by atoms with E-state index in [0.717, 1.165) is 4.90 Å². The Balaban J connectivity index is 3.86. The average Bonchev–Trinajstić information content (AvgIpc) is 2.10. The Bertz CT molecular complexity index is 202. The van der Waals surface area contributed by atoms with Crippen molar-refractivity contribution in [2.45, 2.75) is 6.92 Å². The van der Waals surface area contributed by atoms with E-state index in [0.29, 0.717) is 0 Å². The third-order valence-corrected chi connectivity index (χ3v) is 1.33. The van der Waals surface area contributed by atoms with Crippen molar-refractivity contribution < 1.29 is 19.4 Å². The Morgan fingerprint density at radius 1 is 1.62 bits per heavy atom. The number of rotatable bonds is 5. The molecule has 13 heavy (non-hydrogen) atoms. The maximum absolute atomic E-state index is 10.9. The summed E-state index contributed by atoms with van der Waals surface area (Å²) >= 11 is 0. The molecule has 0 fully saturated rings. The summed E-state index contributed by atoms with van der Waals surface area (Å²) < 4.78 is 4.61. The minimum absolute atomic E-state index is 0.107. The number of ether oxygens (including phenoxy) is 1. The fourth-order valence-electron chi connectivity index (χ4n) is 0.668. The molecule has 0 aromatic rings. The molecular formula is C8H13NO4. The number of esters is 1. The predicted molar refractivity (Wildman–Crippen MR) is 46.4 cm³/mol. The number of carboxylic acid groups (broad SMARTS) is 1. The van der Waals surface area contributed by atoms with E-state index in [4.69, 9.17) is 5.11 Å². The van der Waals surface area contributed by atoms with Crippen LogP contribution in [0.2, 0.25) is 0 Å². The summed E-state index contributed by atoms with van der Waals surface area (Å²) in [6, 6.07) is 0. The number of carbonyl (C=O) groups is 2. The first-order valence-corrected chi connectivity index (χ1v) is 3.86. The topological polar surface area (TPSA) is 66.8 Å². The van der Waals surface area contributed by atoms with Crippen LogP contribution in [-0.2, 0) is 9.53 Å². The normalized spacial score (nSPS) is 9.00. The van der Waals surface area contributed by atoms with E-state index >= 15 is 0 Å². The molecule has 5 heteroatoms. The van der Waals surface area contributed by atoms with Gasteiger partial charge in [-0.3, -0.25) is 9.69 Å². The Morgan fingerprint density at radius 2 is 2.23 bits per heavy atom. The van der Waals surface area contributed by atoms with Gasteiger partial charge in [0, 0.05) is 6.54 Å². The number of hydrogen-bond donors (Lipinski definition) is 1. The van der Waals surface area contributed by atoms with Gasteiger partial charge >= 0.3 is 12.1 Å². The average molecular weight is 187 g/mol. The standard InChI is InChI=1S/C8H13NO4/c1-3-5-13-7(10)6-9(4-2)8(11)12/h3H,1,4-6H2,2H3,(H,11,12). The third-order valence-electron chi connectivity index (χ3n) is 1.33. The smallest absolute Gasteiger partial charge is 0.407 e. The lowest BCUT2D eigenvalue weighted by atomic mass is 10.5. The second-order valence-electron chi connectivity index (χ2n) is 2.27. The highest BCUT2D eigenvalue weighted by atomic mass is 16.5. The van der Waals surface area contributed by atoms with Crippen molar-refractivity contribution in [2.24, 2.45) is 0 Å². The van der Waals surface area contributed by atoms with Gasteiger partial charge in [0.05, 0.1) is 0 Å². The lowest BCUT2D eigenvalue weighted by molar-refractivity contribution is -0.143. The van der Waals surface area contributed by atoms with Crippen LogP contribution in [0.5, 0.6) is 0 Å². The molecule has 0 aliphatic carbocycles. The van der Waals surface area contributed by atoms with E-state index in [1.165, 1.54) is 6.08 Å². The van der Waals surface area contributed by atoms with Crippen LogP contribution in [0.4, 0.5) is 4.79 Å². The Kier molecular flexibility index (Phi) is 5.34. The van der Waals surface area contributed by atoms with E-state index < -0.39 is 12.1 Å². The Labute approximate surface area is 76.6 Å². The minimum atomic E-state index is -1.13. The van der Waals surface area contributed by atoms with Gasteiger partial charge in [-0.05, 0) is 6.92 Å².